The SMILES string of the molecule is CN1Cc2ccccc2C[C]C1=O. The van der Waals surface area contributed by atoms with E-state index in [1.165, 1.54) is 11.1 Å². The van der Waals surface area contributed by atoms with E-state index in [0.29, 0.717) is 13.0 Å². The molecule has 0 spiro atoms. The number of hydrogen-bond donors (Lipinski definition) is 0. The second kappa shape index (κ2) is 3.21. The summed E-state index contributed by atoms with van der Waals surface area (Å²) in [5, 5.41) is 0. The van der Waals surface area contributed by atoms with Gasteiger partial charge in [-0.15, -0.1) is 0 Å². The van der Waals surface area contributed by atoms with Gasteiger partial charge >= 0.3 is 0 Å². The summed E-state index contributed by atoms with van der Waals surface area (Å²) in [6.07, 6.45) is 3.48. The van der Waals surface area contributed by atoms with Gasteiger partial charge in [0.25, 0.3) is 0 Å². The van der Waals surface area contributed by atoms with Gasteiger partial charge in [0.05, 0.1) is 6.42 Å². The molecule has 0 fully saturated rings. The Bertz CT molecular complexity index is 333. The molecule has 1 amide bonds. The number of fused-ring (bicyclic) bond motifs is 1. The zero-order valence-electron chi connectivity index (χ0n) is 7.58. The van der Waals surface area contributed by atoms with E-state index in [2.05, 4.69) is 18.6 Å². The summed E-state index contributed by atoms with van der Waals surface area (Å²) in [4.78, 5) is 13.0. The van der Waals surface area contributed by atoms with Crippen LogP contribution in [0.1, 0.15) is 11.1 Å². The van der Waals surface area contributed by atoms with Crippen molar-refractivity contribution in [3.05, 3.63) is 41.8 Å². The first-order valence-electron chi connectivity index (χ1n) is 4.33. The van der Waals surface area contributed by atoms with Gasteiger partial charge in [-0.2, -0.15) is 0 Å². The first-order valence-corrected chi connectivity index (χ1v) is 4.33. The van der Waals surface area contributed by atoms with Crippen LogP contribution >= 0.6 is 0 Å². The van der Waals surface area contributed by atoms with Crippen LogP contribution in [0.15, 0.2) is 24.3 Å². The molecule has 2 radical (unpaired) electrons. The van der Waals surface area contributed by atoms with Crippen LogP contribution < -0.4 is 0 Å². The molecular formula is C11H11NO. The normalized spacial score (nSPS) is 16.7. The van der Waals surface area contributed by atoms with E-state index in [4.69, 9.17) is 0 Å². The van der Waals surface area contributed by atoms with Crippen molar-refractivity contribution in [3.8, 4) is 0 Å². The Balaban J connectivity index is 2.35. The summed E-state index contributed by atoms with van der Waals surface area (Å²) < 4.78 is 0. The fraction of sp³-hybridized carbons (Fsp3) is 0.273. The number of amides is 1. The van der Waals surface area contributed by atoms with E-state index in [-0.39, 0.29) is 5.91 Å². The molecule has 1 heterocycles. The number of hydrogen-bond acceptors (Lipinski definition) is 1. The van der Waals surface area contributed by atoms with Crippen molar-refractivity contribution in [1.82, 2.24) is 4.90 Å². The van der Waals surface area contributed by atoms with Gasteiger partial charge in [0.2, 0.25) is 5.91 Å². The average Bonchev–Trinajstić information content (AvgIpc) is 2.28. The van der Waals surface area contributed by atoms with Crippen molar-refractivity contribution in [3.63, 3.8) is 0 Å². The smallest absolute Gasteiger partial charge is 0.231 e. The van der Waals surface area contributed by atoms with Gasteiger partial charge < -0.3 is 4.90 Å². The molecule has 1 aliphatic rings. The molecule has 0 saturated carbocycles. The second-order valence-corrected chi connectivity index (χ2v) is 3.28. The molecule has 1 aromatic rings. The Kier molecular flexibility index (Phi) is 2.05. The summed E-state index contributed by atoms with van der Waals surface area (Å²) >= 11 is 0. The molecular weight excluding hydrogens is 162 g/mol. The van der Waals surface area contributed by atoms with Crippen molar-refractivity contribution in [2.24, 2.45) is 0 Å². The van der Waals surface area contributed by atoms with Crippen LogP contribution in [0.3, 0.4) is 0 Å². The van der Waals surface area contributed by atoms with Crippen molar-refractivity contribution in [1.29, 1.82) is 0 Å². The van der Waals surface area contributed by atoms with Crippen molar-refractivity contribution in [2.45, 2.75) is 13.0 Å². The lowest BCUT2D eigenvalue weighted by molar-refractivity contribution is -0.126. The summed E-state index contributed by atoms with van der Waals surface area (Å²) in [5.41, 5.74) is 2.43. The molecule has 2 nitrogen and oxygen atoms in total. The van der Waals surface area contributed by atoms with Crippen LogP contribution in [0.5, 0.6) is 0 Å². The number of carbonyl (C=O) groups excluding carboxylic acids is 1. The fourth-order valence-electron chi connectivity index (χ4n) is 1.52. The van der Waals surface area contributed by atoms with Gasteiger partial charge in [-0.05, 0) is 17.5 Å². The molecule has 0 N–H and O–H groups in total. The summed E-state index contributed by atoms with van der Waals surface area (Å²) in [7, 11) is 1.80. The van der Waals surface area contributed by atoms with Gasteiger partial charge in [-0.3, -0.25) is 4.79 Å². The van der Waals surface area contributed by atoms with E-state index in [0.717, 1.165) is 0 Å². The van der Waals surface area contributed by atoms with Crippen LogP contribution in [-0.2, 0) is 17.8 Å². The van der Waals surface area contributed by atoms with Crippen LogP contribution in [0, 0.1) is 6.42 Å². The molecule has 0 bridgehead atoms. The van der Waals surface area contributed by atoms with Gasteiger partial charge in [-0.25, -0.2) is 0 Å². The summed E-state index contributed by atoms with van der Waals surface area (Å²) in [5.74, 6) is -0.00352. The van der Waals surface area contributed by atoms with Crippen molar-refractivity contribution in [2.75, 3.05) is 7.05 Å². The molecule has 0 atom stereocenters. The van der Waals surface area contributed by atoms with Gasteiger partial charge in [0.15, 0.2) is 0 Å². The lowest BCUT2D eigenvalue weighted by Crippen LogP contribution is -2.24. The first-order chi connectivity index (χ1) is 6.27. The minimum absolute atomic E-state index is 0.00352. The number of nitrogens with zero attached hydrogens (tertiary/aromatic N) is 1. The lowest BCUT2D eigenvalue weighted by Gasteiger charge is -2.13. The van der Waals surface area contributed by atoms with Crippen LogP contribution in [-0.4, -0.2) is 17.9 Å². The van der Waals surface area contributed by atoms with Crippen LogP contribution in [0.25, 0.3) is 0 Å². The first kappa shape index (κ1) is 8.30. The predicted molar refractivity (Wildman–Crippen MR) is 49.9 cm³/mol. The zero-order valence-corrected chi connectivity index (χ0v) is 7.58. The average molecular weight is 173 g/mol. The van der Waals surface area contributed by atoms with E-state index >= 15 is 0 Å². The largest absolute Gasteiger partial charge is 0.341 e. The lowest BCUT2D eigenvalue weighted by atomic mass is 10.0. The van der Waals surface area contributed by atoms with E-state index in [9.17, 15) is 4.79 Å². The summed E-state index contributed by atoms with van der Waals surface area (Å²) in [6, 6.07) is 8.11. The highest BCUT2D eigenvalue weighted by atomic mass is 16.2. The molecule has 2 rings (SSSR count). The zero-order chi connectivity index (χ0) is 9.26. The van der Waals surface area contributed by atoms with Crippen LogP contribution in [0.4, 0.5) is 0 Å². The third-order valence-electron chi connectivity index (χ3n) is 2.30. The molecule has 2 heteroatoms. The molecule has 66 valence electrons. The van der Waals surface area contributed by atoms with Crippen LogP contribution in [0.2, 0.25) is 0 Å². The Hall–Kier alpha value is -1.31. The number of rotatable bonds is 0. The second-order valence-electron chi connectivity index (χ2n) is 3.28. The monoisotopic (exact) mass is 173 g/mol. The molecule has 0 aromatic heterocycles. The standard InChI is InChI=1S/C11H11NO/c1-12-8-10-5-3-2-4-9(10)6-7-11(12)13/h2-5H,6,8H2,1H3. The molecule has 13 heavy (non-hydrogen) atoms. The number of carbonyl (C=O) groups is 1. The highest BCUT2D eigenvalue weighted by Crippen LogP contribution is 2.17. The highest BCUT2D eigenvalue weighted by molar-refractivity contribution is 5.85. The van der Waals surface area contributed by atoms with Crippen molar-refractivity contribution >= 4 is 5.91 Å². The minimum Gasteiger partial charge on any atom is -0.341 e. The topological polar surface area (TPSA) is 20.3 Å². The Morgan fingerprint density at radius 1 is 1.31 bits per heavy atom. The van der Waals surface area contributed by atoms with Gasteiger partial charge in [0.1, 0.15) is 0 Å². The third kappa shape index (κ3) is 1.57. The third-order valence-corrected chi connectivity index (χ3v) is 2.30. The minimum atomic E-state index is -0.00352. The fourth-order valence-corrected chi connectivity index (χ4v) is 1.52. The Morgan fingerprint density at radius 2 is 2.00 bits per heavy atom. The maximum Gasteiger partial charge on any atom is 0.231 e. The molecule has 0 unspecified atom stereocenters. The molecule has 1 aromatic carbocycles. The Morgan fingerprint density at radius 3 is 2.77 bits per heavy atom. The number of benzene rings is 1. The predicted octanol–water partition coefficient (Wildman–Crippen LogP) is 1.28. The van der Waals surface area contributed by atoms with Gasteiger partial charge in [-0.1, -0.05) is 24.3 Å². The molecule has 1 aliphatic heterocycles. The highest BCUT2D eigenvalue weighted by Gasteiger charge is 2.16. The summed E-state index contributed by atoms with van der Waals surface area (Å²) in [6.45, 7) is 0.696. The van der Waals surface area contributed by atoms with E-state index in [1.807, 2.05) is 12.1 Å². The van der Waals surface area contributed by atoms with Gasteiger partial charge in [0, 0.05) is 13.6 Å². The van der Waals surface area contributed by atoms with E-state index < -0.39 is 0 Å². The maximum atomic E-state index is 11.3. The van der Waals surface area contributed by atoms with E-state index in [1.54, 1.807) is 11.9 Å². The molecule has 0 aliphatic carbocycles. The van der Waals surface area contributed by atoms with Crippen molar-refractivity contribution < 1.29 is 4.79 Å². The quantitative estimate of drug-likeness (QED) is 0.578. The maximum absolute atomic E-state index is 11.3. The molecule has 0 saturated heterocycles. The Labute approximate surface area is 78.2 Å².